The summed E-state index contributed by atoms with van der Waals surface area (Å²) in [5.41, 5.74) is 5.48. The van der Waals surface area contributed by atoms with Crippen LogP contribution in [0.25, 0.3) is 0 Å². The van der Waals surface area contributed by atoms with Crippen LogP contribution in [0.3, 0.4) is 0 Å². The fourth-order valence-corrected chi connectivity index (χ4v) is 4.98. The molecule has 0 radical (unpaired) electrons. The van der Waals surface area contributed by atoms with E-state index in [2.05, 4.69) is 66.7 Å². The number of benzene rings is 2. The highest BCUT2D eigenvalue weighted by molar-refractivity contribution is 5.42. The van der Waals surface area contributed by atoms with E-state index in [1.807, 2.05) is 37.3 Å². The van der Waals surface area contributed by atoms with E-state index >= 15 is 0 Å². The zero-order valence-corrected chi connectivity index (χ0v) is 21.5. The van der Waals surface area contributed by atoms with E-state index in [1.54, 1.807) is 6.07 Å². The van der Waals surface area contributed by atoms with Crippen molar-refractivity contribution in [3.05, 3.63) is 120 Å². The molecule has 1 aliphatic heterocycles. The quantitative estimate of drug-likeness (QED) is 0.254. The zero-order valence-electron chi connectivity index (χ0n) is 21.5. The van der Waals surface area contributed by atoms with Crippen LogP contribution >= 0.6 is 0 Å². The number of hydrogen-bond acceptors (Lipinski definition) is 2. The Bertz CT molecular complexity index is 1010. The van der Waals surface area contributed by atoms with Crippen molar-refractivity contribution < 1.29 is 4.39 Å². The molecule has 2 aromatic carbocycles. The summed E-state index contributed by atoms with van der Waals surface area (Å²) < 4.78 is 14.4. The Labute approximate surface area is 211 Å². The highest BCUT2D eigenvalue weighted by atomic mass is 19.1. The molecule has 1 N–H and O–H groups in total. The summed E-state index contributed by atoms with van der Waals surface area (Å²) in [6.45, 7) is 16.6. The third kappa shape index (κ3) is 7.53. The normalized spacial score (nSPS) is 16.4. The van der Waals surface area contributed by atoms with Crippen molar-refractivity contribution in [1.82, 2.24) is 10.2 Å². The van der Waals surface area contributed by atoms with Crippen molar-refractivity contribution >= 4 is 0 Å². The van der Waals surface area contributed by atoms with Crippen LogP contribution in [0.2, 0.25) is 0 Å². The Hall–Kier alpha value is -2.91. The number of nitrogens with one attached hydrogen (secondary N) is 1. The summed E-state index contributed by atoms with van der Waals surface area (Å²) in [7, 11) is 0. The van der Waals surface area contributed by atoms with Gasteiger partial charge in [-0.2, -0.15) is 0 Å². The van der Waals surface area contributed by atoms with E-state index in [0.717, 1.165) is 68.7 Å². The minimum Gasteiger partial charge on any atom is -0.388 e. The number of likely N-dealkylation sites (tertiary alicyclic amines) is 1. The second-order valence-corrected chi connectivity index (χ2v) is 9.37. The number of halogens is 1. The molecule has 1 unspecified atom stereocenters. The van der Waals surface area contributed by atoms with E-state index in [9.17, 15) is 4.39 Å². The monoisotopic (exact) mass is 472 g/mol. The van der Waals surface area contributed by atoms with Gasteiger partial charge < -0.3 is 10.2 Å². The van der Waals surface area contributed by atoms with Gasteiger partial charge in [-0.05, 0) is 86.5 Å². The second kappa shape index (κ2) is 13.8. The number of hydrogen-bond donors (Lipinski definition) is 1. The minimum atomic E-state index is -0.0429. The molecule has 1 aliphatic rings. The smallest absolute Gasteiger partial charge is 0.126 e. The predicted octanol–water partition coefficient (Wildman–Crippen LogP) is 7.53. The number of nitrogens with zero attached hydrogens (tertiary/aromatic N) is 1. The molecule has 0 spiro atoms. The average Bonchev–Trinajstić information content (AvgIpc) is 2.90. The average molecular weight is 473 g/mol. The first-order valence-corrected chi connectivity index (χ1v) is 13.0. The Morgan fingerprint density at radius 2 is 1.91 bits per heavy atom. The Morgan fingerprint density at radius 1 is 1.17 bits per heavy atom. The first-order chi connectivity index (χ1) is 17.1. The van der Waals surface area contributed by atoms with Crippen LogP contribution < -0.4 is 5.32 Å². The van der Waals surface area contributed by atoms with Gasteiger partial charge in [-0.3, -0.25) is 0 Å². The third-order valence-electron chi connectivity index (χ3n) is 7.03. The van der Waals surface area contributed by atoms with E-state index in [1.165, 1.54) is 11.1 Å². The van der Waals surface area contributed by atoms with Crippen LogP contribution in [0, 0.1) is 5.82 Å². The van der Waals surface area contributed by atoms with Gasteiger partial charge in [0.05, 0.1) is 0 Å². The largest absolute Gasteiger partial charge is 0.388 e. The molecule has 186 valence electrons. The van der Waals surface area contributed by atoms with Crippen LogP contribution in [0.1, 0.15) is 61.6 Å². The first-order valence-electron chi connectivity index (χ1n) is 13.0. The number of piperidine rings is 1. The maximum atomic E-state index is 14.4. The Morgan fingerprint density at radius 3 is 2.57 bits per heavy atom. The molecule has 1 heterocycles. The minimum absolute atomic E-state index is 0.0429. The summed E-state index contributed by atoms with van der Waals surface area (Å²) in [4.78, 5) is 2.51. The molecule has 1 saturated heterocycles. The highest BCUT2D eigenvalue weighted by Crippen LogP contribution is 2.32. The Kier molecular flexibility index (Phi) is 10.6. The van der Waals surface area contributed by atoms with E-state index in [0.29, 0.717) is 5.92 Å². The fourth-order valence-electron chi connectivity index (χ4n) is 4.98. The molecule has 3 rings (SSSR count). The maximum absolute atomic E-state index is 14.4. The predicted molar refractivity (Wildman–Crippen MR) is 148 cm³/mol. The summed E-state index contributed by atoms with van der Waals surface area (Å²) in [6.07, 6.45) is 12.2. The lowest BCUT2D eigenvalue weighted by Crippen LogP contribution is -2.35. The Balaban J connectivity index is 1.50. The lowest BCUT2D eigenvalue weighted by Gasteiger charge is -2.32. The number of allylic oxidation sites excluding steroid dienone is 5. The molecule has 1 fully saturated rings. The van der Waals surface area contributed by atoms with Gasteiger partial charge in [0, 0.05) is 18.2 Å². The zero-order chi connectivity index (χ0) is 25.0. The summed E-state index contributed by atoms with van der Waals surface area (Å²) >= 11 is 0. The van der Waals surface area contributed by atoms with Gasteiger partial charge in [-0.1, -0.05) is 86.9 Å². The molecule has 3 heteroatoms. The summed E-state index contributed by atoms with van der Waals surface area (Å²) in [5.74, 6) is 0.358. The fraction of sp³-hybridized carbons (Fsp3) is 0.375. The maximum Gasteiger partial charge on any atom is 0.126 e. The van der Waals surface area contributed by atoms with E-state index in [4.69, 9.17) is 0 Å². The van der Waals surface area contributed by atoms with Gasteiger partial charge in [0.15, 0.2) is 0 Å². The molecule has 2 nitrogen and oxygen atoms in total. The molecular formula is C32H41FN2. The summed E-state index contributed by atoms with van der Waals surface area (Å²) in [6, 6.07) is 16.1. The van der Waals surface area contributed by atoms with Crippen molar-refractivity contribution in [2.24, 2.45) is 0 Å². The number of aryl methyl sites for hydroxylation is 1. The van der Waals surface area contributed by atoms with Crippen molar-refractivity contribution in [3.8, 4) is 0 Å². The van der Waals surface area contributed by atoms with Crippen molar-refractivity contribution in [3.63, 3.8) is 0 Å². The van der Waals surface area contributed by atoms with Crippen molar-refractivity contribution in [1.29, 1.82) is 0 Å². The van der Waals surface area contributed by atoms with Crippen LogP contribution in [-0.4, -0.2) is 31.1 Å². The number of rotatable bonds is 12. The third-order valence-corrected chi connectivity index (χ3v) is 7.03. The topological polar surface area (TPSA) is 15.3 Å². The molecule has 0 bridgehead atoms. The molecule has 0 aromatic heterocycles. The molecule has 0 saturated carbocycles. The van der Waals surface area contributed by atoms with Gasteiger partial charge in [0.2, 0.25) is 0 Å². The van der Waals surface area contributed by atoms with Gasteiger partial charge in [-0.15, -0.1) is 0 Å². The van der Waals surface area contributed by atoms with E-state index in [-0.39, 0.29) is 11.7 Å². The highest BCUT2D eigenvalue weighted by Gasteiger charge is 2.23. The molecule has 1 atom stereocenters. The van der Waals surface area contributed by atoms with Gasteiger partial charge in [-0.25, -0.2) is 4.39 Å². The lowest BCUT2D eigenvalue weighted by atomic mass is 9.87. The van der Waals surface area contributed by atoms with Crippen LogP contribution in [0.5, 0.6) is 0 Å². The standard InChI is InChI=1S/C32H41FN2/c1-5-8-13-27(7-3)32(29-14-10-9-11-15-29)25(4)34-20-12-21-35-22-18-28(19-23-35)30-24-26(6-2)16-17-31(30)33/h5,7-11,13-17,24,28,32,34H,3-4,6,12,18-23H2,1-2H3/b8-5-,27-13+. The first kappa shape index (κ1) is 26.7. The molecular weight excluding hydrogens is 431 g/mol. The van der Waals surface area contributed by atoms with Crippen LogP contribution in [0.4, 0.5) is 4.39 Å². The van der Waals surface area contributed by atoms with Gasteiger partial charge in [0.25, 0.3) is 0 Å². The van der Waals surface area contributed by atoms with Crippen molar-refractivity contribution in [2.75, 3.05) is 26.2 Å². The second-order valence-electron chi connectivity index (χ2n) is 9.37. The summed E-state index contributed by atoms with van der Waals surface area (Å²) in [5, 5.41) is 3.58. The molecule has 35 heavy (non-hydrogen) atoms. The van der Waals surface area contributed by atoms with Gasteiger partial charge >= 0.3 is 0 Å². The van der Waals surface area contributed by atoms with Crippen LogP contribution in [0.15, 0.2) is 97.3 Å². The van der Waals surface area contributed by atoms with E-state index < -0.39 is 0 Å². The lowest BCUT2D eigenvalue weighted by molar-refractivity contribution is 0.208. The molecule has 0 amide bonds. The van der Waals surface area contributed by atoms with Gasteiger partial charge in [0.1, 0.15) is 5.82 Å². The van der Waals surface area contributed by atoms with Crippen LogP contribution in [-0.2, 0) is 6.42 Å². The molecule has 2 aromatic rings. The SMILES string of the molecule is C=C/C(=C\C=C/C)C(C(=C)NCCCN1CCC(c2cc(CC)ccc2F)CC1)c1ccccc1. The van der Waals surface area contributed by atoms with Crippen molar-refractivity contribution in [2.45, 2.75) is 51.4 Å². The molecule has 0 aliphatic carbocycles.